The van der Waals surface area contributed by atoms with Crippen molar-refractivity contribution in [3.63, 3.8) is 0 Å². The molecule has 1 heterocycles. The van der Waals surface area contributed by atoms with E-state index in [2.05, 4.69) is 4.99 Å². The van der Waals surface area contributed by atoms with E-state index in [1.165, 1.54) is 12.3 Å². The summed E-state index contributed by atoms with van der Waals surface area (Å²) in [7, 11) is 0. The van der Waals surface area contributed by atoms with Gasteiger partial charge in [-0.3, -0.25) is 15.1 Å². The quantitative estimate of drug-likeness (QED) is 0.523. The van der Waals surface area contributed by atoms with Gasteiger partial charge in [0.2, 0.25) is 5.75 Å². The van der Waals surface area contributed by atoms with E-state index in [1.54, 1.807) is 0 Å². The van der Waals surface area contributed by atoms with Crippen LogP contribution >= 0.6 is 11.6 Å². The van der Waals surface area contributed by atoms with Gasteiger partial charge in [-0.05, 0) is 18.9 Å². The van der Waals surface area contributed by atoms with E-state index in [-0.39, 0.29) is 16.7 Å². The Bertz CT molecular complexity index is 513. The van der Waals surface area contributed by atoms with Gasteiger partial charge in [-0.15, -0.1) is 0 Å². The first-order valence-electron chi connectivity index (χ1n) is 5.86. The number of hydrogen-bond donors (Lipinski definition) is 1. The summed E-state index contributed by atoms with van der Waals surface area (Å²) >= 11 is 5.77. The number of halogens is 1. The van der Waals surface area contributed by atoms with Crippen molar-refractivity contribution in [1.82, 2.24) is 0 Å². The van der Waals surface area contributed by atoms with Crippen LogP contribution in [0.2, 0.25) is 5.02 Å². The molecule has 0 bridgehead atoms. The lowest BCUT2D eigenvalue weighted by atomic mass is 10.2. The highest BCUT2D eigenvalue weighted by Gasteiger charge is 2.18. The summed E-state index contributed by atoms with van der Waals surface area (Å²) in [5, 5.41) is 20.7. The predicted molar refractivity (Wildman–Crippen MR) is 71.2 cm³/mol. The Balaban J connectivity index is 2.14. The van der Waals surface area contributed by atoms with E-state index in [9.17, 15) is 15.2 Å². The van der Waals surface area contributed by atoms with Crippen molar-refractivity contribution in [2.75, 3.05) is 13.2 Å². The molecule has 0 radical (unpaired) electrons. The summed E-state index contributed by atoms with van der Waals surface area (Å²) in [6.45, 7) is 1.22. The second-order valence-corrected chi connectivity index (χ2v) is 4.69. The van der Waals surface area contributed by atoms with Crippen molar-refractivity contribution in [1.29, 1.82) is 0 Å². The van der Waals surface area contributed by atoms with Gasteiger partial charge < -0.3 is 9.84 Å². The van der Waals surface area contributed by atoms with Gasteiger partial charge in [-0.25, -0.2) is 0 Å². The molecule has 7 heteroatoms. The fourth-order valence-electron chi connectivity index (χ4n) is 1.90. The molecule has 1 atom stereocenters. The van der Waals surface area contributed by atoms with Gasteiger partial charge in [-0.2, -0.15) is 0 Å². The van der Waals surface area contributed by atoms with Crippen LogP contribution in [0.5, 0.6) is 5.75 Å². The maximum Gasteiger partial charge on any atom is 0.312 e. The molecular weight excluding hydrogens is 272 g/mol. The Hall–Kier alpha value is -1.66. The number of nitrogens with zero attached hydrogens (tertiary/aromatic N) is 2. The number of nitro benzene ring substituents is 1. The van der Waals surface area contributed by atoms with Crippen LogP contribution in [-0.4, -0.2) is 35.5 Å². The zero-order chi connectivity index (χ0) is 13.8. The average molecular weight is 285 g/mol. The van der Waals surface area contributed by atoms with E-state index in [0.717, 1.165) is 25.5 Å². The Morgan fingerprint density at radius 2 is 2.42 bits per heavy atom. The minimum absolute atomic E-state index is 0.0903. The molecule has 0 saturated carbocycles. The van der Waals surface area contributed by atoms with E-state index >= 15 is 0 Å². The summed E-state index contributed by atoms with van der Waals surface area (Å²) in [4.78, 5) is 14.2. The lowest BCUT2D eigenvalue weighted by molar-refractivity contribution is -0.385. The number of aromatic hydroxyl groups is 1. The van der Waals surface area contributed by atoms with Crippen LogP contribution in [-0.2, 0) is 4.74 Å². The molecule has 1 saturated heterocycles. The fourth-order valence-corrected chi connectivity index (χ4v) is 2.12. The maximum atomic E-state index is 10.7. The van der Waals surface area contributed by atoms with E-state index in [0.29, 0.717) is 6.54 Å². The lowest BCUT2D eigenvalue weighted by Gasteiger charge is -2.05. The van der Waals surface area contributed by atoms with Gasteiger partial charge in [0.15, 0.2) is 0 Å². The lowest BCUT2D eigenvalue weighted by Crippen LogP contribution is -2.09. The molecule has 1 aliphatic heterocycles. The molecule has 19 heavy (non-hydrogen) atoms. The summed E-state index contributed by atoms with van der Waals surface area (Å²) in [6, 6.07) is 2.54. The number of hydrogen-bond acceptors (Lipinski definition) is 5. The normalized spacial score (nSPS) is 19.1. The molecule has 1 aromatic rings. The molecule has 1 aliphatic rings. The zero-order valence-electron chi connectivity index (χ0n) is 10.1. The Labute approximate surface area is 114 Å². The van der Waals surface area contributed by atoms with Crippen LogP contribution in [0.1, 0.15) is 18.4 Å². The number of phenolic OH excluding ortho intramolecular Hbond substituents is 1. The zero-order valence-corrected chi connectivity index (χ0v) is 10.8. The predicted octanol–water partition coefficient (Wildman–Crippen LogP) is 2.55. The number of ether oxygens (including phenoxy) is 1. The highest BCUT2D eigenvalue weighted by molar-refractivity contribution is 6.31. The van der Waals surface area contributed by atoms with Crippen LogP contribution in [0.25, 0.3) is 0 Å². The first kappa shape index (κ1) is 13.8. The standard InChI is InChI=1S/C12H13ClN2O4/c13-9-4-8(12(16)11(5-9)15(17)18)6-14-7-10-2-1-3-19-10/h4-6,10,16H,1-3,7H2/t10-/m0/s1. The molecule has 0 unspecified atom stereocenters. The third-order valence-corrected chi connectivity index (χ3v) is 3.06. The van der Waals surface area contributed by atoms with Gasteiger partial charge in [-0.1, -0.05) is 11.6 Å². The van der Waals surface area contributed by atoms with Gasteiger partial charge >= 0.3 is 5.69 Å². The monoisotopic (exact) mass is 284 g/mol. The highest BCUT2D eigenvalue weighted by Crippen LogP contribution is 2.32. The maximum absolute atomic E-state index is 10.7. The molecule has 1 fully saturated rings. The van der Waals surface area contributed by atoms with Crippen molar-refractivity contribution in [2.45, 2.75) is 18.9 Å². The Morgan fingerprint density at radius 3 is 3.05 bits per heavy atom. The van der Waals surface area contributed by atoms with Crippen LogP contribution in [0, 0.1) is 10.1 Å². The van der Waals surface area contributed by atoms with Crippen LogP contribution in [0.3, 0.4) is 0 Å². The minimum Gasteiger partial charge on any atom is -0.502 e. The Morgan fingerprint density at radius 1 is 1.63 bits per heavy atom. The van der Waals surface area contributed by atoms with Gasteiger partial charge in [0.25, 0.3) is 0 Å². The topological polar surface area (TPSA) is 85.0 Å². The second-order valence-electron chi connectivity index (χ2n) is 4.25. The fraction of sp³-hybridized carbons (Fsp3) is 0.417. The van der Waals surface area contributed by atoms with Gasteiger partial charge in [0, 0.05) is 29.5 Å². The molecule has 0 aromatic heterocycles. The van der Waals surface area contributed by atoms with E-state index in [1.807, 2.05) is 0 Å². The number of phenols is 1. The Kier molecular flexibility index (Phi) is 4.34. The third-order valence-electron chi connectivity index (χ3n) is 2.84. The number of nitro groups is 1. The number of aliphatic imine (C=N–C) groups is 1. The minimum atomic E-state index is -0.682. The molecule has 0 amide bonds. The molecule has 1 aromatic carbocycles. The van der Waals surface area contributed by atoms with Crippen LogP contribution in [0.15, 0.2) is 17.1 Å². The summed E-state index contributed by atoms with van der Waals surface area (Å²) in [5.74, 6) is -0.425. The number of rotatable bonds is 4. The van der Waals surface area contributed by atoms with E-state index < -0.39 is 16.4 Å². The summed E-state index contributed by atoms with van der Waals surface area (Å²) in [5.41, 5.74) is -0.191. The average Bonchev–Trinajstić information content (AvgIpc) is 2.86. The first-order chi connectivity index (χ1) is 9.08. The van der Waals surface area contributed by atoms with Gasteiger partial charge in [0.05, 0.1) is 17.6 Å². The molecular formula is C12H13ClN2O4. The molecule has 0 spiro atoms. The van der Waals surface area contributed by atoms with Crippen molar-refractivity contribution in [3.05, 3.63) is 32.8 Å². The van der Waals surface area contributed by atoms with E-state index in [4.69, 9.17) is 16.3 Å². The van der Waals surface area contributed by atoms with Crippen molar-refractivity contribution in [3.8, 4) is 5.75 Å². The van der Waals surface area contributed by atoms with Crippen molar-refractivity contribution >= 4 is 23.5 Å². The van der Waals surface area contributed by atoms with Crippen molar-refractivity contribution in [2.24, 2.45) is 4.99 Å². The van der Waals surface area contributed by atoms with Crippen LogP contribution in [0.4, 0.5) is 5.69 Å². The largest absolute Gasteiger partial charge is 0.502 e. The summed E-state index contributed by atoms with van der Waals surface area (Å²) < 4.78 is 5.40. The van der Waals surface area contributed by atoms with Crippen LogP contribution < -0.4 is 0 Å². The second kappa shape index (κ2) is 5.99. The molecule has 6 nitrogen and oxygen atoms in total. The first-order valence-corrected chi connectivity index (χ1v) is 6.24. The third kappa shape index (κ3) is 3.42. The molecule has 0 aliphatic carbocycles. The van der Waals surface area contributed by atoms with Gasteiger partial charge in [0.1, 0.15) is 0 Å². The highest BCUT2D eigenvalue weighted by atomic mass is 35.5. The molecule has 1 N–H and O–H groups in total. The number of benzene rings is 1. The SMILES string of the molecule is O=[N+]([O-])c1cc(Cl)cc(C=NC[C@@H]2CCCO2)c1O. The summed E-state index contributed by atoms with van der Waals surface area (Å²) in [6.07, 6.45) is 3.45. The molecule has 102 valence electrons. The smallest absolute Gasteiger partial charge is 0.312 e. The van der Waals surface area contributed by atoms with Crippen molar-refractivity contribution < 1.29 is 14.8 Å². The molecule has 2 rings (SSSR count).